The molecule has 15 heavy (non-hydrogen) atoms. The molecular weight excluding hydrogens is 415 g/mol. The van der Waals surface area contributed by atoms with Gasteiger partial charge < -0.3 is 26.1 Å². The minimum Gasteiger partial charge on any atom is -1.00 e. The minimum absolute atomic E-state index is 0. The zero-order chi connectivity index (χ0) is 9.30. The first-order valence-corrected chi connectivity index (χ1v) is 3.00. The standard InChI is InChI=1S/C7H6O5.La.Mg.Sr.4H/c8-4-1-3(7(11)12)2-5(9)6(4)10;;;;;;;/h1-2,8-10H,(H,11,12);;;;;;;/q;;2*+2;4*-1. The molecular formula is C7H10LaMgO5Sr. The van der Waals surface area contributed by atoms with Crippen LogP contribution in [0, 0.1) is 35.6 Å². The number of phenolic OH excluding ortho intramolecular Hbond substituents is 3. The van der Waals surface area contributed by atoms with E-state index in [1.54, 1.807) is 0 Å². The van der Waals surface area contributed by atoms with E-state index in [-0.39, 0.29) is 115 Å². The van der Waals surface area contributed by atoms with Crippen LogP contribution in [0.25, 0.3) is 0 Å². The molecule has 4 N–H and O–H groups in total. The summed E-state index contributed by atoms with van der Waals surface area (Å²) in [5.74, 6) is -3.33. The molecule has 1 rings (SSSR count). The van der Waals surface area contributed by atoms with Crippen LogP contribution in [0.15, 0.2) is 12.1 Å². The number of rotatable bonds is 1. The molecule has 0 aromatic heterocycles. The van der Waals surface area contributed by atoms with Crippen LogP contribution in [0.4, 0.5) is 0 Å². The van der Waals surface area contributed by atoms with E-state index in [1.165, 1.54) is 0 Å². The van der Waals surface area contributed by atoms with Crippen LogP contribution in [-0.2, 0) is 0 Å². The molecule has 0 unspecified atom stereocenters. The molecule has 0 aliphatic heterocycles. The molecule has 0 atom stereocenters. The van der Waals surface area contributed by atoms with Gasteiger partial charge >= 0.3 is 74.5 Å². The van der Waals surface area contributed by atoms with Gasteiger partial charge in [-0.05, 0) is 12.1 Å². The van der Waals surface area contributed by atoms with Crippen molar-refractivity contribution in [3.05, 3.63) is 17.7 Å². The Morgan fingerprint density at radius 2 is 1.47 bits per heavy atom. The van der Waals surface area contributed by atoms with Crippen molar-refractivity contribution in [2.45, 2.75) is 0 Å². The number of benzene rings is 1. The van der Waals surface area contributed by atoms with Crippen LogP contribution in [0.3, 0.4) is 0 Å². The molecule has 1 aromatic rings. The number of carboxylic acid groups (broad SMARTS) is 1. The molecule has 0 fully saturated rings. The van der Waals surface area contributed by atoms with E-state index in [0.717, 1.165) is 12.1 Å². The van der Waals surface area contributed by atoms with Gasteiger partial charge in [0, 0.05) is 35.6 Å². The van der Waals surface area contributed by atoms with Crippen molar-refractivity contribution in [1.82, 2.24) is 0 Å². The molecule has 1 aromatic carbocycles. The zero-order valence-corrected chi connectivity index (χ0v) is 16.4. The van der Waals surface area contributed by atoms with Gasteiger partial charge in [0.15, 0.2) is 17.2 Å². The third-order valence-corrected chi connectivity index (χ3v) is 1.32. The molecule has 0 saturated heterocycles. The fraction of sp³-hybridized carbons (Fsp3) is 0. The molecule has 0 saturated carbocycles. The fourth-order valence-electron chi connectivity index (χ4n) is 0.728. The zero-order valence-electron chi connectivity index (χ0n) is 11.8. The summed E-state index contributed by atoms with van der Waals surface area (Å²) in [6.07, 6.45) is 0. The number of aromatic carboxylic acids is 1. The first kappa shape index (κ1) is 21.8. The normalized spacial score (nSPS) is 7.73. The van der Waals surface area contributed by atoms with E-state index in [4.69, 9.17) is 20.4 Å². The van der Waals surface area contributed by atoms with Crippen LogP contribution in [0.5, 0.6) is 17.2 Å². The summed E-state index contributed by atoms with van der Waals surface area (Å²) in [6, 6.07) is 1.69. The quantitative estimate of drug-likeness (QED) is 0.381. The van der Waals surface area contributed by atoms with Gasteiger partial charge in [0.1, 0.15) is 0 Å². The Bertz CT molecular complexity index is 337. The SMILES string of the molecule is O=C(O)c1cc(O)c(O)c(O)c1.[H-].[H-].[H-].[H-].[La].[Mg+2].[Sr+2]. The smallest absolute Gasteiger partial charge is 1.00 e. The predicted octanol–water partition coefficient (Wildman–Crippen LogP) is 0.190. The summed E-state index contributed by atoms with van der Waals surface area (Å²) in [6.45, 7) is 0. The third kappa shape index (κ3) is 6.13. The van der Waals surface area contributed by atoms with Gasteiger partial charge in [-0.3, -0.25) is 0 Å². The minimum atomic E-state index is -1.29. The Hall–Kier alpha value is 1.53. The van der Waals surface area contributed by atoms with E-state index in [9.17, 15) is 4.79 Å². The summed E-state index contributed by atoms with van der Waals surface area (Å²) in [5, 5.41) is 35.0. The van der Waals surface area contributed by atoms with Crippen LogP contribution in [0.1, 0.15) is 16.1 Å². The molecule has 0 heterocycles. The van der Waals surface area contributed by atoms with Gasteiger partial charge in [0.25, 0.3) is 0 Å². The van der Waals surface area contributed by atoms with E-state index < -0.39 is 23.2 Å². The summed E-state index contributed by atoms with van der Waals surface area (Å²) in [7, 11) is 0. The molecule has 8 heteroatoms. The topological polar surface area (TPSA) is 98.0 Å². The van der Waals surface area contributed by atoms with Crippen molar-refractivity contribution in [2.75, 3.05) is 0 Å². The predicted molar refractivity (Wildman–Crippen MR) is 54.4 cm³/mol. The molecule has 0 bridgehead atoms. The Balaban J connectivity index is -0.0000000411. The van der Waals surface area contributed by atoms with Crippen molar-refractivity contribution in [3.63, 3.8) is 0 Å². The number of carboxylic acids is 1. The van der Waals surface area contributed by atoms with E-state index in [1.807, 2.05) is 0 Å². The molecule has 0 amide bonds. The fourth-order valence-corrected chi connectivity index (χ4v) is 0.728. The van der Waals surface area contributed by atoms with Crippen LogP contribution in [-0.4, -0.2) is 94.9 Å². The van der Waals surface area contributed by atoms with Crippen molar-refractivity contribution >= 4 is 74.5 Å². The molecule has 0 aliphatic carbocycles. The molecule has 1 radical (unpaired) electrons. The maximum absolute atomic E-state index is 10.3. The summed E-state index contributed by atoms with van der Waals surface area (Å²) in [4.78, 5) is 10.3. The monoisotopic (exact) mass is 425 g/mol. The average molecular weight is 425 g/mol. The van der Waals surface area contributed by atoms with Gasteiger partial charge in [0.2, 0.25) is 0 Å². The largest absolute Gasteiger partial charge is 2.00 e. The first-order valence-electron chi connectivity index (χ1n) is 3.00. The van der Waals surface area contributed by atoms with Crippen molar-refractivity contribution in [2.24, 2.45) is 0 Å². The first-order chi connectivity index (χ1) is 5.52. The molecule has 5 nitrogen and oxygen atoms in total. The Labute approximate surface area is 173 Å². The number of aromatic hydroxyl groups is 3. The molecule has 75 valence electrons. The summed E-state index contributed by atoms with van der Waals surface area (Å²) < 4.78 is 0. The molecule has 0 spiro atoms. The maximum atomic E-state index is 10.3. The Kier molecular flexibility index (Phi) is 13.9. The van der Waals surface area contributed by atoms with Crippen LogP contribution < -0.4 is 0 Å². The summed E-state index contributed by atoms with van der Waals surface area (Å²) >= 11 is 0. The molecule has 0 aliphatic rings. The van der Waals surface area contributed by atoms with Crippen molar-refractivity contribution in [1.29, 1.82) is 0 Å². The van der Waals surface area contributed by atoms with Gasteiger partial charge in [-0.15, -0.1) is 0 Å². The summed E-state index contributed by atoms with van der Waals surface area (Å²) in [5.41, 5.74) is -0.289. The van der Waals surface area contributed by atoms with Crippen LogP contribution in [0.2, 0.25) is 0 Å². The van der Waals surface area contributed by atoms with E-state index >= 15 is 0 Å². The number of phenols is 3. The van der Waals surface area contributed by atoms with Crippen molar-refractivity contribution < 1.29 is 66.5 Å². The average Bonchev–Trinajstić information content (AvgIpc) is 1.99. The van der Waals surface area contributed by atoms with E-state index in [2.05, 4.69) is 0 Å². The second-order valence-electron chi connectivity index (χ2n) is 2.17. The van der Waals surface area contributed by atoms with Gasteiger partial charge in [-0.2, -0.15) is 0 Å². The Morgan fingerprint density at radius 3 is 1.73 bits per heavy atom. The number of hydrogen-bond acceptors (Lipinski definition) is 4. The van der Waals surface area contributed by atoms with Crippen molar-refractivity contribution in [3.8, 4) is 17.2 Å². The third-order valence-electron chi connectivity index (χ3n) is 1.32. The van der Waals surface area contributed by atoms with Gasteiger partial charge in [0.05, 0.1) is 5.56 Å². The Morgan fingerprint density at radius 1 is 1.13 bits per heavy atom. The second-order valence-corrected chi connectivity index (χ2v) is 2.17. The van der Waals surface area contributed by atoms with E-state index in [0.29, 0.717) is 0 Å². The number of carbonyl (C=O) groups is 1. The van der Waals surface area contributed by atoms with Gasteiger partial charge in [-0.25, -0.2) is 4.79 Å². The number of hydrogen-bond donors (Lipinski definition) is 4. The van der Waals surface area contributed by atoms with Crippen LogP contribution >= 0.6 is 0 Å². The second kappa shape index (κ2) is 9.55. The van der Waals surface area contributed by atoms with Gasteiger partial charge in [-0.1, -0.05) is 0 Å². The maximum Gasteiger partial charge on any atom is 2.00 e.